The van der Waals surface area contributed by atoms with Gasteiger partial charge in [-0.25, -0.2) is 14.2 Å². The maximum Gasteiger partial charge on any atom is 0.363 e. The van der Waals surface area contributed by atoms with Crippen LogP contribution in [0.2, 0.25) is 0 Å². The number of nitrogens with zero attached hydrogens (tertiary/aromatic N) is 1. The number of carbonyl (C=O) groups is 2. The summed E-state index contributed by atoms with van der Waals surface area (Å²) >= 11 is 4.32. The van der Waals surface area contributed by atoms with Gasteiger partial charge in [-0.1, -0.05) is 12.1 Å². The molecular weight excluding hydrogens is 665 g/mol. The predicted octanol–water partition coefficient (Wildman–Crippen LogP) is 5.92. The molecule has 0 bridgehead atoms. The number of aliphatic imine (C=N–C) groups is 1. The molecule has 0 saturated heterocycles. The van der Waals surface area contributed by atoms with E-state index in [2.05, 4.69) is 55.5 Å². The number of nitrogens with one attached hydrogen (secondary N) is 1. The van der Waals surface area contributed by atoms with Crippen LogP contribution >= 0.6 is 45.2 Å². The van der Waals surface area contributed by atoms with Crippen LogP contribution in [0.5, 0.6) is 5.75 Å². The third-order valence-corrected chi connectivity index (χ3v) is 6.27. The Hall–Kier alpha value is -2.80. The van der Waals surface area contributed by atoms with Crippen molar-refractivity contribution in [1.82, 2.24) is 0 Å². The number of halogens is 3. The first-order valence-corrected chi connectivity index (χ1v) is 12.2. The molecule has 3 aromatic carbocycles. The molecule has 0 saturated carbocycles. The van der Waals surface area contributed by atoms with Crippen LogP contribution in [-0.4, -0.2) is 17.8 Å². The van der Waals surface area contributed by atoms with Crippen molar-refractivity contribution in [3.8, 4) is 5.75 Å². The predicted molar refractivity (Wildman–Crippen MR) is 144 cm³/mol. The highest BCUT2D eigenvalue weighted by atomic mass is 127. The number of ether oxygens (including phenoxy) is 2. The Balaban J connectivity index is 1.52. The van der Waals surface area contributed by atoms with Crippen LogP contribution in [0.15, 0.2) is 71.4 Å². The van der Waals surface area contributed by atoms with E-state index < -0.39 is 5.97 Å². The Labute approximate surface area is 222 Å². The Morgan fingerprint density at radius 1 is 1.12 bits per heavy atom. The molecule has 0 unspecified atom stereocenters. The van der Waals surface area contributed by atoms with E-state index in [9.17, 15) is 14.0 Å². The number of hydrogen-bond acceptors (Lipinski definition) is 5. The number of anilines is 1. The maximum atomic E-state index is 13.4. The Morgan fingerprint density at radius 2 is 1.82 bits per heavy atom. The van der Waals surface area contributed by atoms with Crippen LogP contribution in [0, 0.1) is 13.0 Å². The highest BCUT2D eigenvalue weighted by Gasteiger charge is 2.24. The van der Waals surface area contributed by atoms with Crippen molar-refractivity contribution in [2.24, 2.45) is 4.99 Å². The molecular formula is C25H17FI2N2O4. The van der Waals surface area contributed by atoms with Gasteiger partial charge in [0.25, 0.3) is 0 Å². The van der Waals surface area contributed by atoms with E-state index in [1.807, 2.05) is 12.1 Å². The Kier molecular flexibility index (Phi) is 7.61. The second-order valence-corrected chi connectivity index (χ2v) is 9.65. The van der Waals surface area contributed by atoms with Crippen molar-refractivity contribution in [2.45, 2.75) is 13.5 Å². The second kappa shape index (κ2) is 10.6. The number of cyclic esters (lactones) is 1. The molecule has 1 aliphatic rings. The van der Waals surface area contributed by atoms with Crippen molar-refractivity contribution in [3.63, 3.8) is 0 Å². The maximum absolute atomic E-state index is 13.4. The van der Waals surface area contributed by atoms with Gasteiger partial charge in [0, 0.05) is 18.2 Å². The first kappa shape index (κ1) is 24.3. The van der Waals surface area contributed by atoms with Crippen LogP contribution in [0.25, 0.3) is 6.08 Å². The third kappa shape index (κ3) is 6.00. The fraction of sp³-hybridized carbons (Fsp3) is 0.0800. The Bertz CT molecular complexity index is 1310. The van der Waals surface area contributed by atoms with Crippen LogP contribution in [0.1, 0.15) is 23.6 Å². The average molecular weight is 682 g/mol. The molecule has 3 aromatic rings. The van der Waals surface area contributed by atoms with E-state index in [1.165, 1.54) is 19.1 Å². The minimum Gasteiger partial charge on any atom is -0.487 e. The zero-order valence-electron chi connectivity index (χ0n) is 17.8. The molecule has 0 aliphatic carbocycles. The van der Waals surface area contributed by atoms with Crippen LogP contribution < -0.4 is 10.1 Å². The largest absolute Gasteiger partial charge is 0.487 e. The molecule has 34 heavy (non-hydrogen) atoms. The average Bonchev–Trinajstić information content (AvgIpc) is 3.13. The van der Waals surface area contributed by atoms with Crippen LogP contribution in [0.4, 0.5) is 10.1 Å². The number of amides is 1. The van der Waals surface area contributed by atoms with Crippen molar-refractivity contribution >= 4 is 74.7 Å². The highest BCUT2D eigenvalue weighted by molar-refractivity contribution is 14.1. The summed E-state index contributed by atoms with van der Waals surface area (Å²) in [5.74, 6) is -0.135. The fourth-order valence-electron chi connectivity index (χ4n) is 3.17. The summed E-state index contributed by atoms with van der Waals surface area (Å²) < 4.78 is 26.3. The van der Waals surface area contributed by atoms with Gasteiger partial charge < -0.3 is 14.8 Å². The van der Waals surface area contributed by atoms with E-state index in [1.54, 1.807) is 42.5 Å². The first-order chi connectivity index (χ1) is 16.3. The first-order valence-electron chi connectivity index (χ1n) is 10.1. The third-order valence-electron chi connectivity index (χ3n) is 4.67. The lowest BCUT2D eigenvalue weighted by molar-refractivity contribution is -0.129. The van der Waals surface area contributed by atoms with E-state index in [4.69, 9.17) is 9.47 Å². The number of rotatable bonds is 6. The molecule has 1 heterocycles. The normalized spacial score (nSPS) is 14.1. The lowest BCUT2D eigenvalue weighted by Crippen LogP contribution is -2.07. The molecule has 4 rings (SSSR count). The van der Waals surface area contributed by atoms with Gasteiger partial charge in [-0.3, -0.25) is 4.79 Å². The van der Waals surface area contributed by atoms with E-state index in [0.29, 0.717) is 17.0 Å². The quantitative estimate of drug-likeness (QED) is 0.199. The van der Waals surface area contributed by atoms with Crippen molar-refractivity contribution in [1.29, 1.82) is 0 Å². The van der Waals surface area contributed by atoms with Crippen molar-refractivity contribution in [3.05, 3.63) is 96.0 Å². The van der Waals surface area contributed by atoms with E-state index in [0.717, 1.165) is 18.3 Å². The van der Waals surface area contributed by atoms with Gasteiger partial charge in [-0.05, 0) is 111 Å². The summed E-state index contributed by atoms with van der Waals surface area (Å²) in [6.07, 6.45) is 1.65. The summed E-state index contributed by atoms with van der Waals surface area (Å²) in [4.78, 5) is 27.9. The van der Waals surface area contributed by atoms with Gasteiger partial charge in [0.1, 0.15) is 18.2 Å². The van der Waals surface area contributed by atoms with Gasteiger partial charge >= 0.3 is 5.97 Å². The lowest BCUT2D eigenvalue weighted by Gasteiger charge is -2.11. The molecule has 1 aliphatic heterocycles. The molecule has 6 nitrogen and oxygen atoms in total. The molecule has 0 atom stereocenters. The van der Waals surface area contributed by atoms with Gasteiger partial charge in [0.05, 0.1) is 7.14 Å². The SMILES string of the molecule is CC(=O)Nc1ccc(C2=N/C(=C\c3cc(I)c(OCc4cccc(F)c4)c(I)c3)C(=O)O2)cc1. The molecule has 1 amide bonds. The molecule has 0 fully saturated rings. The zero-order chi connectivity index (χ0) is 24.2. The number of esters is 1. The minimum atomic E-state index is -0.544. The molecule has 0 aromatic heterocycles. The van der Waals surface area contributed by atoms with Gasteiger partial charge in [-0.2, -0.15) is 0 Å². The van der Waals surface area contributed by atoms with E-state index in [-0.39, 0.29) is 29.9 Å². The summed E-state index contributed by atoms with van der Waals surface area (Å²) in [7, 11) is 0. The van der Waals surface area contributed by atoms with Crippen molar-refractivity contribution in [2.75, 3.05) is 5.32 Å². The van der Waals surface area contributed by atoms with E-state index >= 15 is 0 Å². The lowest BCUT2D eigenvalue weighted by atomic mass is 10.2. The molecule has 1 N–H and O–H groups in total. The number of hydrogen-bond donors (Lipinski definition) is 1. The molecule has 0 radical (unpaired) electrons. The van der Waals surface area contributed by atoms with Crippen LogP contribution in [-0.2, 0) is 20.9 Å². The fourth-order valence-corrected chi connectivity index (χ4v) is 5.30. The van der Waals surface area contributed by atoms with Crippen LogP contribution in [0.3, 0.4) is 0 Å². The smallest absolute Gasteiger partial charge is 0.363 e. The van der Waals surface area contributed by atoms with Gasteiger partial charge in [0.2, 0.25) is 11.8 Å². The number of benzene rings is 3. The van der Waals surface area contributed by atoms with Gasteiger partial charge in [0.15, 0.2) is 5.70 Å². The Morgan fingerprint density at radius 3 is 2.47 bits per heavy atom. The molecule has 172 valence electrons. The summed E-state index contributed by atoms with van der Waals surface area (Å²) in [6, 6.07) is 16.9. The standard InChI is InChI=1S/C25H17FI2N2O4/c1-14(31)29-19-7-5-17(6-8-19)24-30-22(25(32)34-24)12-16-10-20(27)23(21(28)11-16)33-13-15-3-2-4-18(26)9-15/h2-12H,13H2,1H3,(H,29,31)/b22-12-. The second-order valence-electron chi connectivity index (χ2n) is 7.33. The molecule has 9 heteroatoms. The number of carbonyl (C=O) groups excluding carboxylic acids is 2. The molecule has 0 spiro atoms. The minimum absolute atomic E-state index is 0.169. The summed E-state index contributed by atoms with van der Waals surface area (Å²) in [5, 5.41) is 2.68. The monoisotopic (exact) mass is 682 g/mol. The van der Waals surface area contributed by atoms with Crippen molar-refractivity contribution < 1.29 is 23.5 Å². The topological polar surface area (TPSA) is 77.0 Å². The zero-order valence-corrected chi connectivity index (χ0v) is 22.1. The summed E-state index contributed by atoms with van der Waals surface area (Å²) in [6.45, 7) is 1.67. The highest BCUT2D eigenvalue weighted by Crippen LogP contribution is 2.31. The van der Waals surface area contributed by atoms with Gasteiger partial charge in [-0.15, -0.1) is 0 Å². The summed E-state index contributed by atoms with van der Waals surface area (Å²) in [5.41, 5.74) is 2.95.